The first-order chi connectivity index (χ1) is 30.7. The molecule has 292 valence electrons. The molecule has 0 aliphatic rings. The summed E-state index contributed by atoms with van der Waals surface area (Å²) in [5.41, 5.74) is 13.5. The van der Waals surface area contributed by atoms with E-state index in [-0.39, 0.29) is 0 Å². The lowest BCUT2D eigenvalue weighted by molar-refractivity contribution is 1.25. The molecule has 11 rings (SSSR count). The second-order valence-electron chi connectivity index (χ2n) is 15.8. The largest absolute Gasteiger partial charge is 0.310 e. The van der Waals surface area contributed by atoms with Crippen LogP contribution in [-0.2, 0) is 0 Å². The summed E-state index contributed by atoms with van der Waals surface area (Å²) in [6, 6.07) is 92.2. The van der Waals surface area contributed by atoms with Crippen LogP contribution in [0.15, 0.2) is 255 Å². The summed E-state index contributed by atoms with van der Waals surface area (Å²) in [6.45, 7) is 0. The van der Waals surface area contributed by atoms with Gasteiger partial charge in [-0.3, -0.25) is 0 Å². The average molecular weight is 791 g/mol. The van der Waals surface area contributed by atoms with E-state index in [1.807, 2.05) is 0 Å². The van der Waals surface area contributed by atoms with Crippen LogP contribution in [0.1, 0.15) is 0 Å². The lowest BCUT2D eigenvalue weighted by atomic mass is 9.94. The molecular weight excluding hydrogens is 749 g/mol. The molecule has 0 unspecified atom stereocenters. The molecule has 0 bridgehead atoms. The van der Waals surface area contributed by atoms with E-state index in [4.69, 9.17) is 0 Å². The van der Waals surface area contributed by atoms with Gasteiger partial charge >= 0.3 is 0 Å². The van der Waals surface area contributed by atoms with E-state index in [1.165, 1.54) is 54.6 Å². The van der Waals surface area contributed by atoms with Crippen LogP contribution in [0.3, 0.4) is 0 Å². The average Bonchev–Trinajstić information content (AvgIpc) is 3.36. The lowest BCUT2D eigenvalue weighted by Gasteiger charge is -2.31. The third-order valence-electron chi connectivity index (χ3n) is 12.0. The van der Waals surface area contributed by atoms with E-state index in [0.29, 0.717) is 0 Å². The van der Waals surface area contributed by atoms with Crippen molar-refractivity contribution >= 4 is 66.4 Å². The number of hydrogen-bond donors (Lipinski definition) is 0. The Hall–Kier alpha value is -8.20. The monoisotopic (exact) mass is 790 g/mol. The van der Waals surface area contributed by atoms with E-state index in [0.717, 1.165) is 45.3 Å². The molecule has 0 fully saturated rings. The van der Waals surface area contributed by atoms with Gasteiger partial charge in [-0.25, -0.2) is 0 Å². The van der Waals surface area contributed by atoms with Gasteiger partial charge in [0.05, 0.1) is 0 Å². The van der Waals surface area contributed by atoms with Crippen molar-refractivity contribution in [2.24, 2.45) is 0 Å². The number of para-hydroxylation sites is 1. The smallest absolute Gasteiger partial charge is 0.0488 e. The van der Waals surface area contributed by atoms with Gasteiger partial charge in [0.15, 0.2) is 0 Å². The third-order valence-corrected chi connectivity index (χ3v) is 12.0. The molecule has 62 heavy (non-hydrogen) atoms. The van der Waals surface area contributed by atoms with Crippen LogP contribution < -0.4 is 9.80 Å². The molecule has 0 radical (unpaired) electrons. The molecule has 0 saturated heterocycles. The molecule has 0 aromatic heterocycles. The van der Waals surface area contributed by atoms with Gasteiger partial charge in [-0.1, -0.05) is 188 Å². The molecule has 0 spiro atoms. The van der Waals surface area contributed by atoms with E-state index in [9.17, 15) is 0 Å². The maximum atomic E-state index is 2.41. The van der Waals surface area contributed by atoms with Gasteiger partial charge < -0.3 is 9.80 Å². The molecular formula is C60H42N2. The zero-order valence-corrected chi connectivity index (χ0v) is 34.1. The van der Waals surface area contributed by atoms with Crippen LogP contribution in [0.25, 0.3) is 65.7 Å². The van der Waals surface area contributed by atoms with Crippen LogP contribution in [0, 0.1) is 0 Å². The van der Waals surface area contributed by atoms with Crippen molar-refractivity contribution in [1.29, 1.82) is 0 Å². The number of hydrogen-bond acceptors (Lipinski definition) is 2. The quantitative estimate of drug-likeness (QED) is 0.134. The Labute approximate surface area is 362 Å². The Morgan fingerprint density at radius 2 is 0.468 bits per heavy atom. The zero-order valence-electron chi connectivity index (χ0n) is 34.1. The van der Waals surface area contributed by atoms with Crippen LogP contribution in [0.5, 0.6) is 0 Å². The highest BCUT2D eigenvalue weighted by atomic mass is 15.2. The molecule has 0 N–H and O–H groups in total. The van der Waals surface area contributed by atoms with Crippen LogP contribution in [0.4, 0.5) is 34.1 Å². The Bertz CT molecular complexity index is 3190. The van der Waals surface area contributed by atoms with Crippen molar-refractivity contribution in [3.05, 3.63) is 255 Å². The van der Waals surface area contributed by atoms with E-state index in [2.05, 4.69) is 265 Å². The molecule has 0 aliphatic heterocycles. The topological polar surface area (TPSA) is 6.48 Å². The van der Waals surface area contributed by atoms with Gasteiger partial charge in [0.25, 0.3) is 0 Å². The molecule has 11 aromatic rings. The number of nitrogens with zero attached hydrogens (tertiary/aromatic N) is 2. The van der Waals surface area contributed by atoms with Gasteiger partial charge in [0.2, 0.25) is 0 Å². The van der Waals surface area contributed by atoms with E-state index >= 15 is 0 Å². The highest BCUT2D eigenvalue weighted by Gasteiger charge is 2.21. The lowest BCUT2D eigenvalue weighted by Crippen LogP contribution is -2.13. The summed E-state index contributed by atoms with van der Waals surface area (Å²) in [7, 11) is 0. The maximum Gasteiger partial charge on any atom is 0.0488 e. The van der Waals surface area contributed by atoms with Crippen molar-refractivity contribution in [2.75, 3.05) is 9.80 Å². The summed E-state index contributed by atoms with van der Waals surface area (Å²) in [6.07, 6.45) is 0. The summed E-state index contributed by atoms with van der Waals surface area (Å²) in [4.78, 5) is 4.80. The van der Waals surface area contributed by atoms with Crippen molar-refractivity contribution in [2.45, 2.75) is 0 Å². The van der Waals surface area contributed by atoms with Crippen molar-refractivity contribution in [1.82, 2.24) is 0 Å². The SMILES string of the molecule is c1ccc(-c2ccc(N(c3ccc(-c4ccccc4)cc3)c3cc(-c4ccccc4)cc(N(c4ccccc4)c4ccc5c6ccccc6c6ccccc6c5c4)c3)cc2)cc1. The van der Waals surface area contributed by atoms with Crippen molar-refractivity contribution in [3.63, 3.8) is 0 Å². The summed E-state index contributed by atoms with van der Waals surface area (Å²) >= 11 is 0. The molecule has 0 saturated carbocycles. The predicted molar refractivity (Wildman–Crippen MR) is 265 cm³/mol. The summed E-state index contributed by atoms with van der Waals surface area (Å²) < 4.78 is 0. The fourth-order valence-electron chi connectivity index (χ4n) is 9.02. The molecule has 2 nitrogen and oxygen atoms in total. The Morgan fingerprint density at radius 1 is 0.161 bits per heavy atom. The molecule has 0 heterocycles. The second-order valence-corrected chi connectivity index (χ2v) is 15.8. The van der Waals surface area contributed by atoms with Gasteiger partial charge in [-0.2, -0.15) is 0 Å². The minimum absolute atomic E-state index is 1.06. The van der Waals surface area contributed by atoms with Crippen LogP contribution >= 0.6 is 0 Å². The Morgan fingerprint density at radius 3 is 0.919 bits per heavy atom. The van der Waals surface area contributed by atoms with Gasteiger partial charge in [0.1, 0.15) is 0 Å². The minimum atomic E-state index is 1.06. The number of rotatable bonds is 9. The summed E-state index contributed by atoms with van der Waals surface area (Å²) in [5, 5.41) is 7.53. The minimum Gasteiger partial charge on any atom is -0.310 e. The zero-order chi connectivity index (χ0) is 41.2. The van der Waals surface area contributed by atoms with E-state index in [1.54, 1.807) is 0 Å². The van der Waals surface area contributed by atoms with Gasteiger partial charge in [-0.05, 0) is 132 Å². The second kappa shape index (κ2) is 16.1. The van der Waals surface area contributed by atoms with Crippen LogP contribution in [-0.4, -0.2) is 0 Å². The van der Waals surface area contributed by atoms with E-state index < -0.39 is 0 Å². The first-order valence-electron chi connectivity index (χ1n) is 21.3. The Balaban J connectivity index is 1.14. The first-order valence-corrected chi connectivity index (χ1v) is 21.3. The molecule has 11 aromatic carbocycles. The summed E-state index contributed by atoms with van der Waals surface area (Å²) in [5.74, 6) is 0. The number of anilines is 6. The highest BCUT2D eigenvalue weighted by Crippen LogP contribution is 2.45. The van der Waals surface area contributed by atoms with Crippen LogP contribution in [0.2, 0.25) is 0 Å². The number of benzene rings is 11. The van der Waals surface area contributed by atoms with Gasteiger partial charge in [0, 0.05) is 34.1 Å². The molecule has 0 amide bonds. The third kappa shape index (κ3) is 6.94. The van der Waals surface area contributed by atoms with Crippen molar-refractivity contribution in [3.8, 4) is 33.4 Å². The van der Waals surface area contributed by atoms with Gasteiger partial charge in [-0.15, -0.1) is 0 Å². The molecule has 0 aliphatic carbocycles. The number of fused-ring (bicyclic) bond motifs is 6. The normalized spacial score (nSPS) is 11.2. The standard InChI is InChI=1S/C60H42N2/c1-5-17-43(18-6-1)46-29-33-50(34-30-46)61(51-35-31-47(32-36-51)44-19-7-2-8-20-44)53-39-48(45-21-9-3-10-22-45)40-54(41-53)62(49-23-11-4-12-24-49)52-37-38-59-57-27-14-13-25-55(57)56-26-15-16-28-58(56)60(59)42-52/h1-42H. The fourth-order valence-corrected chi connectivity index (χ4v) is 9.02. The Kier molecular flexibility index (Phi) is 9.57. The maximum absolute atomic E-state index is 2.41. The van der Waals surface area contributed by atoms with Crippen molar-refractivity contribution < 1.29 is 0 Å². The fraction of sp³-hybridized carbons (Fsp3) is 0. The highest BCUT2D eigenvalue weighted by molar-refractivity contribution is 6.25. The molecule has 0 atom stereocenters. The predicted octanol–water partition coefficient (Wildman–Crippen LogP) is 17.1. The molecule has 2 heteroatoms. The first kappa shape index (κ1) is 36.8.